The predicted molar refractivity (Wildman–Crippen MR) is 79.8 cm³/mol. The van der Waals surface area contributed by atoms with Crippen molar-refractivity contribution in [3.8, 4) is 0 Å². The zero-order valence-electron chi connectivity index (χ0n) is 10.9. The Kier molecular flexibility index (Phi) is 4.17. The van der Waals surface area contributed by atoms with E-state index in [1.165, 1.54) is 0 Å². The van der Waals surface area contributed by atoms with E-state index >= 15 is 0 Å². The smallest absolute Gasteiger partial charge is 0.112 e. The number of aromatic nitrogens is 2. The van der Waals surface area contributed by atoms with Crippen molar-refractivity contribution >= 4 is 32.7 Å². The van der Waals surface area contributed by atoms with Crippen LogP contribution in [0.5, 0.6) is 0 Å². The molecule has 1 unspecified atom stereocenters. The van der Waals surface area contributed by atoms with Gasteiger partial charge in [-0.05, 0) is 40.4 Å². The van der Waals surface area contributed by atoms with Gasteiger partial charge in [0, 0.05) is 22.9 Å². The molecule has 0 saturated carbocycles. The third-order valence-corrected chi connectivity index (χ3v) is 3.56. The van der Waals surface area contributed by atoms with E-state index in [0.29, 0.717) is 12.0 Å². The lowest BCUT2D eigenvalue weighted by Crippen LogP contribution is -2.24. The Morgan fingerprint density at radius 3 is 2.78 bits per heavy atom. The molecule has 0 amide bonds. The first-order chi connectivity index (χ1) is 8.61. The van der Waals surface area contributed by atoms with Crippen LogP contribution in [-0.4, -0.2) is 16.0 Å². The summed E-state index contributed by atoms with van der Waals surface area (Å²) in [6, 6.07) is 4.44. The van der Waals surface area contributed by atoms with Gasteiger partial charge in [-0.15, -0.1) is 0 Å². The van der Waals surface area contributed by atoms with Crippen molar-refractivity contribution in [2.24, 2.45) is 5.92 Å². The second kappa shape index (κ2) is 5.65. The summed E-state index contributed by atoms with van der Waals surface area (Å²) in [7, 11) is 0. The summed E-state index contributed by atoms with van der Waals surface area (Å²) in [6.45, 7) is 6.66. The number of hydrogen-bond acceptors (Lipinski definition) is 3. The standard InChI is InChI=1S/C14H18BrN3/c1-4-11(9(2)3)18-12-5-6-16-13-7-10(15)8-17-14(12)13/h5-9,11H,4H2,1-3H3,(H,16,18). The van der Waals surface area contributed by atoms with Gasteiger partial charge in [0.05, 0.1) is 11.2 Å². The van der Waals surface area contributed by atoms with E-state index in [1.807, 2.05) is 24.5 Å². The van der Waals surface area contributed by atoms with E-state index in [4.69, 9.17) is 0 Å². The number of halogens is 1. The lowest BCUT2D eigenvalue weighted by molar-refractivity contribution is 0.511. The Morgan fingerprint density at radius 1 is 1.33 bits per heavy atom. The van der Waals surface area contributed by atoms with Gasteiger partial charge in [0.25, 0.3) is 0 Å². The number of fused-ring (bicyclic) bond motifs is 1. The van der Waals surface area contributed by atoms with E-state index in [1.54, 1.807) is 0 Å². The van der Waals surface area contributed by atoms with E-state index in [0.717, 1.165) is 27.6 Å². The third-order valence-electron chi connectivity index (χ3n) is 3.13. The fraction of sp³-hybridized carbons (Fsp3) is 0.429. The van der Waals surface area contributed by atoms with Gasteiger partial charge in [0.1, 0.15) is 5.52 Å². The highest BCUT2D eigenvalue weighted by atomic mass is 79.9. The summed E-state index contributed by atoms with van der Waals surface area (Å²) < 4.78 is 0.954. The minimum atomic E-state index is 0.459. The second-order valence-corrected chi connectivity index (χ2v) is 5.70. The van der Waals surface area contributed by atoms with E-state index in [2.05, 4.69) is 52.0 Å². The van der Waals surface area contributed by atoms with Gasteiger partial charge in [-0.25, -0.2) is 0 Å². The maximum Gasteiger partial charge on any atom is 0.112 e. The largest absolute Gasteiger partial charge is 0.380 e. The summed E-state index contributed by atoms with van der Waals surface area (Å²) in [5.74, 6) is 0.591. The minimum absolute atomic E-state index is 0.459. The molecule has 0 aliphatic carbocycles. The summed E-state index contributed by atoms with van der Waals surface area (Å²) >= 11 is 3.42. The van der Waals surface area contributed by atoms with Crippen LogP contribution in [0, 0.1) is 5.92 Å². The van der Waals surface area contributed by atoms with Crippen molar-refractivity contribution in [2.75, 3.05) is 5.32 Å². The monoisotopic (exact) mass is 307 g/mol. The van der Waals surface area contributed by atoms with Gasteiger partial charge in [-0.3, -0.25) is 9.97 Å². The molecule has 2 heterocycles. The van der Waals surface area contributed by atoms with Gasteiger partial charge in [0.15, 0.2) is 0 Å². The SMILES string of the molecule is CCC(Nc1ccnc2cc(Br)cnc12)C(C)C. The maximum atomic E-state index is 4.46. The summed E-state index contributed by atoms with van der Waals surface area (Å²) in [5.41, 5.74) is 2.90. The van der Waals surface area contributed by atoms with Gasteiger partial charge >= 0.3 is 0 Å². The van der Waals surface area contributed by atoms with Crippen LogP contribution >= 0.6 is 15.9 Å². The van der Waals surface area contributed by atoms with Crippen molar-refractivity contribution in [3.63, 3.8) is 0 Å². The molecule has 1 N–H and O–H groups in total. The molecule has 0 aliphatic heterocycles. The van der Waals surface area contributed by atoms with Crippen LogP contribution < -0.4 is 5.32 Å². The highest BCUT2D eigenvalue weighted by Crippen LogP contribution is 2.24. The Bertz CT molecular complexity index is 540. The quantitative estimate of drug-likeness (QED) is 0.918. The van der Waals surface area contributed by atoms with Crippen LogP contribution in [-0.2, 0) is 0 Å². The van der Waals surface area contributed by atoms with Gasteiger partial charge < -0.3 is 5.32 Å². The van der Waals surface area contributed by atoms with Crippen molar-refractivity contribution in [2.45, 2.75) is 33.2 Å². The fourth-order valence-electron chi connectivity index (χ4n) is 2.06. The highest BCUT2D eigenvalue weighted by Gasteiger charge is 2.12. The van der Waals surface area contributed by atoms with E-state index in [-0.39, 0.29) is 0 Å². The highest BCUT2D eigenvalue weighted by molar-refractivity contribution is 9.10. The number of rotatable bonds is 4. The zero-order chi connectivity index (χ0) is 13.1. The fourth-order valence-corrected chi connectivity index (χ4v) is 2.38. The lowest BCUT2D eigenvalue weighted by Gasteiger charge is -2.22. The molecule has 1 atom stereocenters. The van der Waals surface area contributed by atoms with Crippen LogP contribution in [0.3, 0.4) is 0 Å². The van der Waals surface area contributed by atoms with Crippen LogP contribution in [0.25, 0.3) is 11.0 Å². The molecule has 0 saturated heterocycles. The second-order valence-electron chi connectivity index (χ2n) is 4.78. The maximum absolute atomic E-state index is 4.46. The summed E-state index contributed by atoms with van der Waals surface area (Å²) in [5, 5.41) is 3.57. The summed E-state index contributed by atoms with van der Waals surface area (Å²) in [6.07, 6.45) is 4.73. The number of hydrogen-bond donors (Lipinski definition) is 1. The summed E-state index contributed by atoms with van der Waals surface area (Å²) in [4.78, 5) is 8.80. The molecule has 3 nitrogen and oxygen atoms in total. The first-order valence-corrected chi connectivity index (χ1v) is 7.08. The molecule has 2 aromatic rings. The number of nitrogens with zero attached hydrogens (tertiary/aromatic N) is 2. The van der Waals surface area contributed by atoms with Crippen LogP contribution in [0.15, 0.2) is 29.0 Å². The normalized spacial score (nSPS) is 12.9. The van der Waals surface area contributed by atoms with Crippen LogP contribution in [0.1, 0.15) is 27.2 Å². The third kappa shape index (κ3) is 2.80. The molecule has 0 bridgehead atoms. The van der Waals surface area contributed by atoms with Crippen molar-refractivity contribution in [1.82, 2.24) is 9.97 Å². The molecular weight excluding hydrogens is 290 g/mol. The van der Waals surface area contributed by atoms with Crippen molar-refractivity contribution in [3.05, 3.63) is 29.0 Å². The van der Waals surface area contributed by atoms with Gasteiger partial charge in [-0.1, -0.05) is 20.8 Å². The Morgan fingerprint density at radius 2 is 2.11 bits per heavy atom. The molecule has 0 aromatic carbocycles. The first-order valence-electron chi connectivity index (χ1n) is 6.28. The predicted octanol–water partition coefficient (Wildman–Crippen LogP) is 4.24. The average Bonchev–Trinajstić information content (AvgIpc) is 2.35. The molecule has 2 aromatic heterocycles. The van der Waals surface area contributed by atoms with Crippen molar-refractivity contribution in [1.29, 1.82) is 0 Å². The Labute approximate surface area is 116 Å². The molecular formula is C14H18BrN3. The van der Waals surface area contributed by atoms with Gasteiger partial charge in [-0.2, -0.15) is 0 Å². The molecule has 0 fully saturated rings. The lowest BCUT2D eigenvalue weighted by atomic mass is 10.0. The van der Waals surface area contributed by atoms with E-state index < -0.39 is 0 Å². The molecule has 4 heteroatoms. The van der Waals surface area contributed by atoms with Gasteiger partial charge in [0.2, 0.25) is 0 Å². The molecule has 18 heavy (non-hydrogen) atoms. The molecule has 0 radical (unpaired) electrons. The minimum Gasteiger partial charge on any atom is -0.380 e. The van der Waals surface area contributed by atoms with Crippen LogP contribution in [0.2, 0.25) is 0 Å². The Hall–Kier alpha value is -1.16. The topological polar surface area (TPSA) is 37.8 Å². The number of pyridine rings is 2. The molecule has 0 aliphatic rings. The van der Waals surface area contributed by atoms with Crippen molar-refractivity contribution < 1.29 is 0 Å². The first kappa shape index (κ1) is 13.3. The zero-order valence-corrected chi connectivity index (χ0v) is 12.5. The van der Waals surface area contributed by atoms with Crippen LogP contribution in [0.4, 0.5) is 5.69 Å². The average molecular weight is 308 g/mol. The molecule has 0 spiro atoms. The number of anilines is 1. The molecule has 2 rings (SSSR count). The number of nitrogens with one attached hydrogen (secondary N) is 1. The Balaban J connectivity index is 2.39. The molecule has 96 valence electrons. The van der Waals surface area contributed by atoms with E-state index in [9.17, 15) is 0 Å².